The Morgan fingerprint density at radius 1 is 1.30 bits per heavy atom. The maximum atomic E-state index is 12.4. The van der Waals surface area contributed by atoms with Crippen LogP contribution < -0.4 is 0 Å². The van der Waals surface area contributed by atoms with Crippen molar-refractivity contribution in [3.05, 3.63) is 81.5 Å². The van der Waals surface area contributed by atoms with Gasteiger partial charge in [0.2, 0.25) is 0 Å². The van der Waals surface area contributed by atoms with Crippen LogP contribution in [0.3, 0.4) is 0 Å². The molecule has 0 unspecified atom stereocenters. The summed E-state index contributed by atoms with van der Waals surface area (Å²) >= 11 is 0. The first-order valence-electron chi connectivity index (χ1n) is 9.94. The number of esters is 1. The lowest BCUT2D eigenvalue weighted by Gasteiger charge is -2.39. The minimum atomic E-state index is -0.541. The summed E-state index contributed by atoms with van der Waals surface area (Å²) in [6.07, 6.45) is 5.29. The third-order valence-electron chi connectivity index (χ3n) is 6.06. The van der Waals surface area contributed by atoms with Crippen LogP contribution in [-0.2, 0) is 11.2 Å². The van der Waals surface area contributed by atoms with Gasteiger partial charge in [-0.1, -0.05) is 24.3 Å². The second kappa shape index (κ2) is 7.11. The number of ether oxygens (including phenoxy) is 1. The molecule has 1 aliphatic heterocycles. The molecule has 0 amide bonds. The SMILES string of the molecule is CN1C[C@H](COC(=O)c2cccc([N+](=O)[O-])c2)C=C2c3cccc4[nH]cc(c34)C[C@H]21. The first kappa shape index (κ1) is 18.6. The Balaban J connectivity index is 1.38. The summed E-state index contributed by atoms with van der Waals surface area (Å²) < 4.78 is 5.52. The van der Waals surface area contributed by atoms with Crippen LogP contribution in [-0.4, -0.2) is 47.0 Å². The predicted molar refractivity (Wildman–Crippen MR) is 113 cm³/mol. The van der Waals surface area contributed by atoms with Gasteiger partial charge in [0.25, 0.3) is 5.69 Å². The van der Waals surface area contributed by atoms with Gasteiger partial charge in [0.05, 0.1) is 17.1 Å². The summed E-state index contributed by atoms with van der Waals surface area (Å²) in [7, 11) is 2.10. The molecular formula is C23H21N3O4. The number of nitro groups is 1. The fourth-order valence-corrected chi connectivity index (χ4v) is 4.67. The largest absolute Gasteiger partial charge is 0.461 e. The van der Waals surface area contributed by atoms with Gasteiger partial charge in [-0.3, -0.25) is 15.0 Å². The number of hydrogen-bond acceptors (Lipinski definition) is 5. The van der Waals surface area contributed by atoms with Gasteiger partial charge < -0.3 is 9.72 Å². The fourth-order valence-electron chi connectivity index (χ4n) is 4.67. The van der Waals surface area contributed by atoms with Gasteiger partial charge in [0.15, 0.2) is 0 Å². The molecule has 0 saturated carbocycles. The summed E-state index contributed by atoms with van der Waals surface area (Å²) in [5.41, 5.74) is 5.07. The molecule has 0 fully saturated rings. The Labute approximate surface area is 173 Å². The zero-order valence-corrected chi connectivity index (χ0v) is 16.5. The molecule has 152 valence electrons. The van der Waals surface area contributed by atoms with E-state index < -0.39 is 10.9 Å². The lowest BCUT2D eigenvalue weighted by Crippen LogP contribution is -2.43. The van der Waals surface area contributed by atoms with Gasteiger partial charge in [-0.2, -0.15) is 0 Å². The number of H-pyrrole nitrogens is 1. The minimum Gasteiger partial charge on any atom is -0.461 e. The van der Waals surface area contributed by atoms with Crippen molar-refractivity contribution in [1.82, 2.24) is 9.88 Å². The Kier molecular flexibility index (Phi) is 4.40. The minimum absolute atomic E-state index is 0.0552. The van der Waals surface area contributed by atoms with Crippen LogP contribution in [0, 0.1) is 16.0 Å². The Morgan fingerprint density at radius 2 is 2.13 bits per heavy atom. The fraction of sp³-hybridized carbons (Fsp3) is 0.261. The van der Waals surface area contributed by atoms with Gasteiger partial charge in [-0.15, -0.1) is 0 Å². The zero-order chi connectivity index (χ0) is 20.8. The van der Waals surface area contributed by atoms with Crippen molar-refractivity contribution in [2.75, 3.05) is 20.2 Å². The number of hydrogen-bond donors (Lipinski definition) is 1. The number of nitrogens with zero attached hydrogens (tertiary/aromatic N) is 2. The molecule has 2 atom stereocenters. The van der Waals surface area contributed by atoms with Crippen molar-refractivity contribution in [1.29, 1.82) is 0 Å². The first-order valence-corrected chi connectivity index (χ1v) is 9.94. The van der Waals surface area contributed by atoms with E-state index in [1.165, 1.54) is 46.4 Å². The van der Waals surface area contributed by atoms with E-state index in [4.69, 9.17) is 4.74 Å². The van der Waals surface area contributed by atoms with E-state index in [0.717, 1.165) is 18.5 Å². The number of aromatic amines is 1. The molecule has 3 aromatic rings. The van der Waals surface area contributed by atoms with Gasteiger partial charge in [0.1, 0.15) is 0 Å². The summed E-state index contributed by atoms with van der Waals surface area (Å²) in [5, 5.41) is 12.2. The van der Waals surface area contributed by atoms with E-state index in [0.29, 0.717) is 6.04 Å². The predicted octanol–water partition coefficient (Wildman–Crippen LogP) is 3.80. The lowest BCUT2D eigenvalue weighted by molar-refractivity contribution is -0.384. The number of aromatic nitrogens is 1. The van der Waals surface area contributed by atoms with Crippen LogP contribution in [0.2, 0.25) is 0 Å². The van der Waals surface area contributed by atoms with Crippen molar-refractivity contribution in [3.63, 3.8) is 0 Å². The van der Waals surface area contributed by atoms with E-state index in [1.807, 2.05) is 0 Å². The Morgan fingerprint density at radius 3 is 2.97 bits per heavy atom. The van der Waals surface area contributed by atoms with E-state index in [1.54, 1.807) is 0 Å². The molecule has 1 N–H and O–H groups in total. The second-order valence-corrected chi connectivity index (χ2v) is 7.99. The lowest BCUT2D eigenvalue weighted by atomic mass is 9.80. The quantitative estimate of drug-likeness (QED) is 0.407. The molecule has 7 nitrogen and oxygen atoms in total. The highest BCUT2D eigenvalue weighted by Crippen LogP contribution is 2.40. The number of rotatable bonds is 4. The summed E-state index contributed by atoms with van der Waals surface area (Å²) in [4.78, 5) is 28.5. The third-order valence-corrected chi connectivity index (χ3v) is 6.06. The average molecular weight is 403 g/mol. The first-order chi connectivity index (χ1) is 14.5. The van der Waals surface area contributed by atoms with E-state index in [9.17, 15) is 14.9 Å². The number of non-ortho nitro benzene ring substituents is 1. The number of carbonyl (C=O) groups excluding carboxylic acids is 1. The summed E-state index contributed by atoms with van der Waals surface area (Å²) in [6, 6.07) is 12.3. The number of benzene rings is 2. The number of likely N-dealkylation sites (N-methyl/N-ethyl adjacent to an activating group) is 1. The maximum absolute atomic E-state index is 12.4. The van der Waals surface area contributed by atoms with Crippen molar-refractivity contribution < 1.29 is 14.5 Å². The Hall–Kier alpha value is -3.45. The molecule has 2 aromatic carbocycles. The molecule has 2 aliphatic rings. The number of nitrogens with one attached hydrogen (secondary N) is 1. The van der Waals surface area contributed by atoms with Crippen LogP contribution in [0.5, 0.6) is 0 Å². The van der Waals surface area contributed by atoms with Crippen LogP contribution in [0.4, 0.5) is 5.69 Å². The Bertz CT molecular complexity index is 1200. The molecule has 1 aromatic heterocycles. The van der Waals surface area contributed by atoms with Crippen molar-refractivity contribution in [3.8, 4) is 0 Å². The highest BCUT2D eigenvalue weighted by Gasteiger charge is 2.34. The summed E-state index contributed by atoms with van der Waals surface area (Å²) in [5.74, 6) is -0.486. The van der Waals surface area contributed by atoms with E-state index in [2.05, 4.69) is 47.4 Å². The molecule has 2 heterocycles. The van der Waals surface area contributed by atoms with Crippen LogP contribution in [0.1, 0.15) is 21.5 Å². The van der Waals surface area contributed by atoms with Crippen LogP contribution in [0.15, 0.2) is 54.7 Å². The molecule has 0 saturated heterocycles. The monoisotopic (exact) mass is 403 g/mol. The average Bonchev–Trinajstić information content (AvgIpc) is 3.17. The van der Waals surface area contributed by atoms with Crippen molar-refractivity contribution >= 4 is 28.1 Å². The van der Waals surface area contributed by atoms with Gasteiger partial charge >= 0.3 is 5.97 Å². The molecule has 1 aliphatic carbocycles. The molecule has 5 rings (SSSR count). The number of carbonyl (C=O) groups is 1. The standard InChI is InChI=1S/C23H21N3O4/c1-25-12-14(13-30-23(27)15-4-2-5-17(9-15)26(28)29)8-19-18-6-3-7-20-22(18)16(11-24-20)10-21(19)25/h2-9,11,14,21,24H,10,12-13H2,1H3/t14-,21-/m1/s1. The normalized spacial score (nSPS) is 20.5. The second-order valence-electron chi connectivity index (χ2n) is 7.99. The molecule has 0 radical (unpaired) electrons. The highest BCUT2D eigenvalue weighted by atomic mass is 16.6. The van der Waals surface area contributed by atoms with E-state index >= 15 is 0 Å². The number of nitro benzene ring substituents is 1. The molecule has 30 heavy (non-hydrogen) atoms. The molecular weight excluding hydrogens is 382 g/mol. The zero-order valence-electron chi connectivity index (χ0n) is 16.5. The summed E-state index contributed by atoms with van der Waals surface area (Å²) in [6.45, 7) is 1.02. The highest BCUT2D eigenvalue weighted by molar-refractivity contribution is 5.98. The van der Waals surface area contributed by atoms with Gasteiger partial charge in [-0.05, 0) is 42.3 Å². The van der Waals surface area contributed by atoms with Gasteiger partial charge in [-0.25, -0.2) is 4.79 Å². The smallest absolute Gasteiger partial charge is 0.338 e. The van der Waals surface area contributed by atoms with Crippen LogP contribution >= 0.6 is 0 Å². The topological polar surface area (TPSA) is 88.5 Å². The number of fused-ring (bicyclic) bond motifs is 2. The van der Waals surface area contributed by atoms with Gasteiger partial charge in [0, 0.05) is 47.7 Å². The van der Waals surface area contributed by atoms with Crippen molar-refractivity contribution in [2.24, 2.45) is 5.92 Å². The molecule has 7 heteroatoms. The molecule has 0 spiro atoms. The van der Waals surface area contributed by atoms with Crippen molar-refractivity contribution in [2.45, 2.75) is 12.5 Å². The van der Waals surface area contributed by atoms with Crippen LogP contribution in [0.25, 0.3) is 16.5 Å². The third kappa shape index (κ3) is 3.07. The van der Waals surface area contributed by atoms with E-state index in [-0.39, 0.29) is 23.8 Å². The molecule has 0 bridgehead atoms. The maximum Gasteiger partial charge on any atom is 0.338 e.